The zero-order valence-corrected chi connectivity index (χ0v) is 18.0. The highest BCUT2D eigenvalue weighted by molar-refractivity contribution is 9.10. The first kappa shape index (κ1) is 23.3. The van der Waals surface area contributed by atoms with Crippen molar-refractivity contribution in [1.29, 1.82) is 0 Å². The van der Waals surface area contributed by atoms with Crippen LogP contribution in [-0.2, 0) is 21.7 Å². The van der Waals surface area contributed by atoms with Gasteiger partial charge < -0.3 is 9.79 Å². The molecule has 8 heteroatoms. The van der Waals surface area contributed by atoms with E-state index < -0.39 is 18.8 Å². The Balaban J connectivity index is 0.00000163. The van der Waals surface area contributed by atoms with E-state index in [2.05, 4.69) is 22.0 Å². The fourth-order valence-corrected chi connectivity index (χ4v) is 4.41. The van der Waals surface area contributed by atoms with Gasteiger partial charge in [0.05, 0.1) is 0 Å². The van der Waals surface area contributed by atoms with Crippen molar-refractivity contribution in [3.8, 4) is 0 Å². The van der Waals surface area contributed by atoms with E-state index in [-0.39, 0.29) is 4.47 Å². The van der Waals surface area contributed by atoms with E-state index in [1.165, 1.54) is 23.3 Å². The van der Waals surface area contributed by atoms with E-state index in [1.54, 1.807) is 11.8 Å². The minimum Gasteiger partial charge on any atom is -0.320 e. The molecule has 0 radical (unpaired) electrons. The van der Waals surface area contributed by atoms with Crippen LogP contribution in [0.4, 0.5) is 8.78 Å². The SMILES string of the molecule is CC.Cc1cccc(CSCc2ccc(C(F)(F)P(=O)(O)O)c(Br)c2)c1. The summed E-state index contributed by atoms with van der Waals surface area (Å²) in [6, 6.07) is 12.1. The largest absolute Gasteiger partial charge is 0.399 e. The van der Waals surface area contributed by atoms with Crippen LogP contribution in [0.25, 0.3) is 0 Å². The molecule has 2 aromatic carbocycles. The molecule has 144 valence electrons. The van der Waals surface area contributed by atoms with Gasteiger partial charge in [0.15, 0.2) is 0 Å². The number of hydrogen-bond donors (Lipinski definition) is 2. The Bertz CT molecular complexity index is 781. The molecule has 0 aliphatic heterocycles. The molecule has 0 bridgehead atoms. The molecule has 0 atom stereocenters. The van der Waals surface area contributed by atoms with Crippen LogP contribution in [-0.4, -0.2) is 9.79 Å². The van der Waals surface area contributed by atoms with Crippen molar-refractivity contribution in [3.63, 3.8) is 0 Å². The normalized spacial score (nSPS) is 11.7. The summed E-state index contributed by atoms with van der Waals surface area (Å²) in [6.45, 7) is 6.02. The van der Waals surface area contributed by atoms with Gasteiger partial charge in [-0.05, 0) is 24.1 Å². The minimum absolute atomic E-state index is 0.00974. The predicted molar refractivity (Wildman–Crippen MR) is 108 cm³/mol. The Hall–Kier alpha value is -0.720. The number of aryl methyl sites for hydroxylation is 1. The lowest BCUT2D eigenvalue weighted by Gasteiger charge is -2.19. The van der Waals surface area contributed by atoms with Gasteiger partial charge in [0.2, 0.25) is 0 Å². The van der Waals surface area contributed by atoms with E-state index in [0.717, 1.165) is 17.4 Å². The monoisotopic (exact) mass is 466 g/mol. The molecule has 2 rings (SSSR count). The molecular weight excluding hydrogens is 445 g/mol. The molecule has 0 fully saturated rings. The van der Waals surface area contributed by atoms with Crippen molar-refractivity contribution < 1.29 is 23.1 Å². The van der Waals surface area contributed by atoms with Gasteiger partial charge in [0.25, 0.3) is 0 Å². The molecule has 2 aromatic rings. The molecule has 0 aromatic heterocycles. The van der Waals surface area contributed by atoms with E-state index in [4.69, 9.17) is 9.79 Å². The summed E-state index contributed by atoms with van der Waals surface area (Å²) >= 11 is 4.62. The Morgan fingerprint density at radius 3 is 2.15 bits per heavy atom. The Morgan fingerprint density at radius 2 is 1.65 bits per heavy atom. The van der Waals surface area contributed by atoms with Gasteiger partial charge in [-0.15, -0.1) is 0 Å². The summed E-state index contributed by atoms with van der Waals surface area (Å²) in [5.74, 6) is 1.40. The maximum absolute atomic E-state index is 13.8. The molecule has 0 unspecified atom stereocenters. The lowest BCUT2D eigenvalue weighted by Crippen LogP contribution is -2.14. The maximum Gasteiger partial charge on any atom is 0.399 e. The lowest BCUT2D eigenvalue weighted by molar-refractivity contribution is 0.0557. The number of hydrogen-bond acceptors (Lipinski definition) is 2. The van der Waals surface area contributed by atoms with Gasteiger partial charge in [-0.2, -0.15) is 20.5 Å². The third kappa shape index (κ3) is 6.17. The molecule has 2 N–H and O–H groups in total. The Kier molecular flexibility index (Phi) is 8.97. The van der Waals surface area contributed by atoms with Gasteiger partial charge in [-0.25, -0.2) is 0 Å². The molecule has 0 spiro atoms. The molecule has 0 heterocycles. The Morgan fingerprint density at radius 1 is 1.08 bits per heavy atom. The second-order valence-corrected chi connectivity index (χ2v) is 8.87. The second kappa shape index (κ2) is 10.00. The highest BCUT2D eigenvalue weighted by atomic mass is 79.9. The summed E-state index contributed by atoms with van der Waals surface area (Å²) in [5, 5.41) is 0. The fraction of sp³-hybridized carbons (Fsp3) is 0.333. The van der Waals surface area contributed by atoms with Gasteiger partial charge in [-0.1, -0.05) is 71.7 Å². The standard InChI is InChI=1S/C16H16BrF2O3PS.C2H6/c1-11-3-2-4-12(7-11)9-24-10-13-5-6-14(15(17)8-13)16(18,19)23(20,21)22;1-2/h2-8H,9-10H2,1H3,(H2,20,21,22);1-2H3. The molecule has 0 saturated heterocycles. The van der Waals surface area contributed by atoms with Gasteiger partial charge in [0, 0.05) is 21.5 Å². The van der Waals surface area contributed by atoms with Crippen LogP contribution < -0.4 is 0 Å². The Labute approximate surface area is 165 Å². The first-order chi connectivity index (χ1) is 12.1. The van der Waals surface area contributed by atoms with Crippen LogP contribution in [0.2, 0.25) is 0 Å². The zero-order chi connectivity index (χ0) is 20.0. The van der Waals surface area contributed by atoms with Gasteiger partial charge in [-0.3, -0.25) is 4.57 Å². The van der Waals surface area contributed by atoms with Crippen molar-refractivity contribution in [1.82, 2.24) is 0 Å². The molecular formula is C18H22BrF2O3PS. The first-order valence-corrected chi connectivity index (χ1v) is 11.5. The summed E-state index contributed by atoms with van der Waals surface area (Å²) < 4.78 is 38.5. The first-order valence-electron chi connectivity index (χ1n) is 7.97. The number of thioether (sulfide) groups is 1. The maximum atomic E-state index is 13.8. The van der Waals surface area contributed by atoms with Crippen molar-refractivity contribution >= 4 is 35.3 Å². The third-order valence-corrected chi connectivity index (χ3v) is 6.05. The van der Waals surface area contributed by atoms with Crippen molar-refractivity contribution in [3.05, 3.63) is 69.2 Å². The van der Waals surface area contributed by atoms with Gasteiger partial charge >= 0.3 is 13.3 Å². The summed E-state index contributed by atoms with van der Waals surface area (Å²) in [7, 11) is -5.57. The molecule has 26 heavy (non-hydrogen) atoms. The number of benzene rings is 2. The topological polar surface area (TPSA) is 57.5 Å². The number of halogens is 3. The molecule has 0 saturated carbocycles. The highest BCUT2D eigenvalue weighted by Crippen LogP contribution is 2.60. The van der Waals surface area contributed by atoms with Crippen LogP contribution in [0.15, 0.2) is 46.9 Å². The van der Waals surface area contributed by atoms with Crippen LogP contribution in [0.3, 0.4) is 0 Å². The quantitative estimate of drug-likeness (QED) is 0.480. The number of rotatable bonds is 6. The number of alkyl halides is 2. The highest BCUT2D eigenvalue weighted by Gasteiger charge is 2.51. The van der Waals surface area contributed by atoms with Gasteiger partial charge in [0.1, 0.15) is 0 Å². The zero-order valence-electron chi connectivity index (χ0n) is 14.7. The smallest absolute Gasteiger partial charge is 0.320 e. The molecule has 0 amide bonds. The average Bonchev–Trinajstić information content (AvgIpc) is 2.55. The van der Waals surface area contributed by atoms with E-state index in [9.17, 15) is 13.3 Å². The minimum atomic E-state index is -5.57. The summed E-state index contributed by atoms with van der Waals surface area (Å²) in [6.07, 6.45) is 0. The molecule has 0 aliphatic rings. The predicted octanol–water partition coefficient (Wildman–Crippen LogP) is 6.44. The lowest BCUT2D eigenvalue weighted by atomic mass is 10.1. The van der Waals surface area contributed by atoms with Crippen molar-refractivity contribution in [2.24, 2.45) is 0 Å². The van der Waals surface area contributed by atoms with E-state index in [0.29, 0.717) is 5.75 Å². The van der Waals surface area contributed by atoms with Crippen LogP contribution in [0.5, 0.6) is 0 Å². The van der Waals surface area contributed by atoms with E-state index in [1.807, 2.05) is 39.0 Å². The van der Waals surface area contributed by atoms with Crippen LogP contribution >= 0.6 is 35.3 Å². The van der Waals surface area contributed by atoms with Crippen LogP contribution in [0.1, 0.15) is 36.1 Å². The van der Waals surface area contributed by atoms with Crippen molar-refractivity contribution in [2.75, 3.05) is 0 Å². The van der Waals surface area contributed by atoms with Crippen molar-refractivity contribution in [2.45, 2.75) is 37.9 Å². The average molecular weight is 467 g/mol. The van der Waals surface area contributed by atoms with E-state index >= 15 is 0 Å². The van der Waals surface area contributed by atoms with Crippen LogP contribution in [0, 0.1) is 6.92 Å². The fourth-order valence-electron chi connectivity index (χ4n) is 2.14. The second-order valence-electron chi connectivity index (χ2n) is 5.38. The summed E-state index contributed by atoms with van der Waals surface area (Å²) in [4.78, 5) is 17.6. The molecule has 3 nitrogen and oxygen atoms in total. The summed E-state index contributed by atoms with van der Waals surface area (Å²) in [5.41, 5.74) is -1.75. The third-order valence-electron chi connectivity index (χ3n) is 3.34. The molecule has 0 aliphatic carbocycles.